The van der Waals surface area contributed by atoms with Gasteiger partial charge in [0.15, 0.2) is 0 Å². The Morgan fingerprint density at radius 3 is 2.91 bits per heavy atom. The molecule has 0 bridgehead atoms. The lowest BCUT2D eigenvalue weighted by Gasteiger charge is -2.08. The SMILES string of the molecule is CCc1cc(=O)[nH]c(-n2nc(C3CC3)cc2NC(=O)COC)n1. The van der Waals surface area contributed by atoms with Crippen molar-refractivity contribution in [2.45, 2.75) is 32.1 Å². The zero-order valence-electron chi connectivity index (χ0n) is 13.1. The third kappa shape index (κ3) is 3.48. The summed E-state index contributed by atoms with van der Waals surface area (Å²) >= 11 is 0. The number of methoxy groups -OCH3 is 1. The van der Waals surface area contributed by atoms with Crippen LogP contribution in [0.5, 0.6) is 0 Å². The van der Waals surface area contributed by atoms with Crippen molar-refractivity contribution in [3.8, 4) is 5.95 Å². The van der Waals surface area contributed by atoms with Gasteiger partial charge < -0.3 is 10.1 Å². The maximum atomic E-state index is 11.8. The number of nitrogens with one attached hydrogen (secondary N) is 2. The van der Waals surface area contributed by atoms with Crippen LogP contribution in [0.4, 0.5) is 5.82 Å². The van der Waals surface area contributed by atoms with Crippen molar-refractivity contribution in [1.29, 1.82) is 0 Å². The van der Waals surface area contributed by atoms with E-state index in [1.165, 1.54) is 17.9 Å². The predicted molar refractivity (Wildman–Crippen MR) is 83.8 cm³/mol. The van der Waals surface area contributed by atoms with Gasteiger partial charge in [-0.25, -0.2) is 4.98 Å². The molecule has 1 amide bonds. The first kappa shape index (κ1) is 15.4. The highest BCUT2D eigenvalue weighted by molar-refractivity contribution is 5.91. The lowest BCUT2D eigenvalue weighted by atomic mass is 10.3. The average molecular weight is 317 g/mol. The van der Waals surface area contributed by atoms with Crippen LogP contribution in [-0.4, -0.2) is 39.4 Å². The third-order valence-electron chi connectivity index (χ3n) is 3.61. The van der Waals surface area contributed by atoms with Gasteiger partial charge in [0.1, 0.15) is 12.4 Å². The maximum absolute atomic E-state index is 11.8. The molecule has 122 valence electrons. The molecule has 3 rings (SSSR count). The van der Waals surface area contributed by atoms with Crippen LogP contribution >= 0.6 is 0 Å². The highest BCUT2D eigenvalue weighted by Gasteiger charge is 2.28. The normalized spacial score (nSPS) is 14.0. The molecule has 0 aromatic carbocycles. The molecule has 1 aliphatic carbocycles. The number of aromatic nitrogens is 4. The summed E-state index contributed by atoms with van der Waals surface area (Å²) in [4.78, 5) is 30.7. The van der Waals surface area contributed by atoms with Crippen LogP contribution in [0.2, 0.25) is 0 Å². The number of aromatic amines is 1. The Kier molecular flexibility index (Phi) is 4.24. The first-order valence-electron chi connectivity index (χ1n) is 7.60. The molecule has 1 aliphatic rings. The molecule has 8 nitrogen and oxygen atoms in total. The summed E-state index contributed by atoms with van der Waals surface area (Å²) < 4.78 is 6.30. The number of carbonyl (C=O) groups is 1. The van der Waals surface area contributed by atoms with Crippen molar-refractivity contribution in [3.63, 3.8) is 0 Å². The molecule has 8 heteroatoms. The second-order valence-corrected chi connectivity index (χ2v) is 5.54. The van der Waals surface area contributed by atoms with E-state index in [9.17, 15) is 9.59 Å². The molecule has 0 spiro atoms. The van der Waals surface area contributed by atoms with E-state index in [2.05, 4.69) is 20.4 Å². The Balaban J connectivity index is 2.01. The monoisotopic (exact) mass is 317 g/mol. The van der Waals surface area contributed by atoms with Gasteiger partial charge in [-0.15, -0.1) is 0 Å². The molecule has 2 aromatic rings. The molecule has 0 unspecified atom stereocenters. The van der Waals surface area contributed by atoms with E-state index in [1.807, 2.05) is 13.0 Å². The molecular weight excluding hydrogens is 298 g/mol. The quantitative estimate of drug-likeness (QED) is 0.827. The fourth-order valence-corrected chi connectivity index (χ4v) is 2.31. The lowest BCUT2D eigenvalue weighted by molar-refractivity contribution is -0.119. The highest BCUT2D eigenvalue weighted by Crippen LogP contribution is 2.40. The summed E-state index contributed by atoms with van der Waals surface area (Å²) in [5.74, 6) is 0.903. The summed E-state index contributed by atoms with van der Waals surface area (Å²) in [6.45, 7) is 1.87. The fourth-order valence-electron chi connectivity index (χ4n) is 2.31. The minimum absolute atomic E-state index is 0.0527. The molecular formula is C15H19N5O3. The second kappa shape index (κ2) is 6.33. The van der Waals surface area contributed by atoms with Crippen molar-refractivity contribution in [1.82, 2.24) is 19.7 Å². The van der Waals surface area contributed by atoms with Crippen LogP contribution in [0.1, 0.15) is 37.1 Å². The standard InChI is InChI=1S/C15H19N5O3/c1-3-10-6-13(21)18-15(16-10)20-12(17-14(22)8-23-2)7-11(19-20)9-4-5-9/h6-7,9H,3-5,8H2,1-2H3,(H,17,22)(H,16,18,21). The van der Waals surface area contributed by atoms with Crippen molar-refractivity contribution in [2.75, 3.05) is 19.0 Å². The van der Waals surface area contributed by atoms with Crippen LogP contribution in [0.25, 0.3) is 5.95 Å². The van der Waals surface area contributed by atoms with Gasteiger partial charge in [0.05, 0.1) is 5.69 Å². The zero-order chi connectivity index (χ0) is 16.4. The van der Waals surface area contributed by atoms with Gasteiger partial charge >= 0.3 is 0 Å². The lowest BCUT2D eigenvalue weighted by Crippen LogP contribution is -2.21. The van der Waals surface area contributed by atoms with Gasteiger partial charge in [-0.3, -0.25) is 14.6 Å². The summed E-state index contributed by atoms with van der Waals surface area (Å²) in [7, 11) is 1.45. The van der Waals surface area contributed by atoms with Crippen molar-refractivity contribution < 1.29 is 9.53 Å². The topological polar surface area (TPSA) is 102 Å². The number of aryl methyl sites for hydroxylation is 1. The number of H-pyrrole nitrogens is 1. The number of amides is 1. The average Bonchev–Trinajstić information content (AvgIpc) is 3.28. The smallest absolute Gasteiger partial charge is 0.252 e. The maximum Gasteiger partial charge on any atom is 0.252 e. The highest BCUT2D eigenvalue weighted by atomic mass is 16.5. The van der Waals surface area contributed by atoms with Crippen molar-refractivity contribution in [2.24, 2.45) is 0 Å². The molecule has 1 saturated carbocycles. The zero-order valence-corrected chi connectivity index (χ0v) is 13.1. The number of hydrogen-bond donors (Lipinski definition) is 2. The number of ether oxygens (including phenoxy) is 1. The molecule has 2 N–H and O–H groups in total. The Labute approximate surface area is 132 Å². The van der Waals surface area contributed by atoms with Crippen LogP contribution in [0.3, 0.4) is 0 Å². The molecule has 0 radical (unpaired) electrons. The minimum atomic E-state index is -0.287. The van der Waals surface area contributed by atoms with Gasteiger partial charge in [0.2, 0.25) is 5.95 Å². The molecule has 2 aromatic heterocycles. The number of rotatable bonds is 6. The van der Waals surface area contributed by atoms with E-state index >= 15 is 0 Å². The largest absolute Gasteiger partial charge is 0.375 e. The van der Waals surface area contributed by atoms with E-state index in [4.69, 9.17) is 4.74 Å². The Bertz CT molecular complexity index is 776. The molecule has 0 atom stereocenters. The Morgan fingerprint density at radius 2 is 2.26 bits per heavy atom. The van der Waals surface area contributed by atoms with Crippen LogP contribution in [0.15, 0.2) is 16.9 Å². The van der Waals surface area contributed by atoms with E-state index < -0.39 is 0 Å². The second-order valence-electron chi connectivity index (χ2n) is 5.54. The van der Waals surface area contributed by atoms with Gasteiger partial charge in [0, 0.05) is 30.9 Å². The van der Waals surface area contributed by atoms with Crippen molar-refractivity contribution >= 4 is 11.7 Å². The van der Waals surface area contributed by atoms with E-state index in [-0.39, 0.29) is 18.1 Å². The number of carbonyl (C=O) groups excluding carboxylic acids is 1. The summed E-state index contributed by atoms with van der Waals surface area (Å²) in [6, 6.07) is 3.28. The number of hydrogen-bond acceptors (Lipinski definition) is 5. The van der Waals surface area contributed by atoms with E-state index in [0.29, 0.717) is 29.8 Å². The van der Waals surface area contributed by atoms with Gasteiger partial charge in [-0.2, -0.15) is 9.78 Å². The molecule has 23 heavy (non-hydrogen) atoms. The Hall–Kier alpha value is -2.48. The van der Waals surface area contributed by atoms with Crippen molar-refractivity contribution in [3.05, 3.63) is 33.9 Å². The molecule has 0 saturated heterocycles. The van der Waals surface area contributed by atoms with E-state index in [0.717, 1.165) is 18.5 Å². The van der Waals surface area contributed by atoms with Crippen LogP contribution in [-0.2, 0) is 16.0 Å². The summed E-state index contributed by atoms with van der Waals surface area (Å²) in [6.07, 6.45) is 2.81. The first-order chi connectivity index (χ1) is 11.1. The molecule has 2 heterocycles. The summed E-state index contributed by atoms with van der Waals surface area (Å²) in [5, 5.41) is 7.25. The van der Waals surface area contributed by atoms with Gasteiger partial charge in [0.25, 0.3) is 11.5 Å². The van der Waals surface area contributed by atoms with Gasteiger partial charge in [-0.1, -0.05) is 6.92 Å². The van der Waals surface area contributed by atoms with Crippen LogP contribution < -0.4 is 10.9 Å². The minimum Gasteiger partial charge on any atom is -0.375 e. The fraction of sp³-hybridized carbons (Fsp3) is 0.467. The number of nitrogens with zero attached hydrogens (tertiary/aromatic N) is 3. The molecule has 0 aliphatic heterocycles. The predicted octanol–water partition coefficient (Wildman–Crippen LogP) is 0.980. The number of anilines is 1. The van der Waals surface area contributed by atoms with Crippen LogP contribution in [0, 0.1) is 0 Å². The third-order valence-corrected chi connectivity index (χ3v) is 3.61. The first-order valence-corrected chi connectivity index (χ1v) is 7.60. The van der Waals surface area contributed by atoms with Gasteiger partial charge in [-0.05, 0) is 19.3 Å². The Morgan fingerprint density at radius 1 is 1.48 bits per heavy atom. The summed E-state index contributed by atoms with van der Waals surface area (Å²) in [5.41, 5.74) is 1.31. The van der Waals surface area contributed by atoms with E-state index in [1.54, 1.807) is 0 Å². The molecule has 1 fully saturated rings.